The molecule has 0 saturated heterocycles. The van der Waals surface area contributed by atoms with Gasteiger partial charge in [0.25, 0.3) is 0 Å². The highest BCUT2D eigenvalue weighted by atomic mass is 35.5. The number of thioether (sulfide) groups is 1. The van der Waals surface area contributed by atoms with Crippen molar-refractivity contribution in [3.63, 3.8) is 0 Å². The fraction of sp³-hybridized carbons (Fsp3) is 0.238. The van der Waals surface area contributed by atoms with E-state index in [1.807, 2.05) is 32.0 Å². The fourth-order valence-electron chi connectivity index (χ4n) is 2.62. The van der Waals surface area contributed by atoms with Gasteiger partial charge >= 0.3 is 5.97 Å². The van der Waals surface area contributed by atoms with E-state index in [2.05, 4.69) is 20.3 Å². The molecule has 3 rings (SSSR count). The van der Waals surface area contributed by atoms with E-state index in [0.717, 1.165) is 16.8 Å². The standard InChI is InChI=1S/C21H21ClN4O4S/c1-13-4-5-15(9-17(13)22)26-12-23-25-21(26)31-11-19(27)24-18-7-6-16(8-14(18)2)30-10-20(28)29-3/h4-9,12H,10-11H2,1-3H3,(H,24,27). The number of aryl methyl sites for hydroxylation is 2. The van der Waals surface area contributed by atoms with E-state index in [1.54, 1.807) is 29.1 Å². The highest BCUT2D eigenvalue weighted by Gasteiger charge is 2.12. The van der Waals surface area contributed by atoms with Gasteiger partial charge in [-0.3, -0.25) is 9.36 Å². The van der Waals surface area contributed by atoms with E-state index < -0.39 is 5.97 Å². The molecule has 0 fully saturated rings. The van der Waals surface area contributed by atoms with Crippen LogP contribution >= 0.6 is 23.4 Å². The molecule has 31 heavy (non-hydrogen) atoms. The lowest BCUT2D eigenvalue weighted by Gasteiger charge is -2.11. The average molecular weight is 461 g/mol. The predicted octanol–water partition coefficient (Wildman–Crippen LogP) is 3.82. The molecule has 0 atom stereocenters. The monoisotopic (exact) mass is 460 g/mol. The van der Waals surface area contributed by atoms with Crippen LogP contribution in [0.5, 0.6) is 5.75 Å². The van der Waals surface area contributed by atoms with Crippen LogP contribution < -0.4 is 10.1 Å². The number of carbonyl (C=O) groups excluding carboxylic acids is 2. The minimum absolute atomic E-state index is 0.151. The van der Waals surface area contributed by atoms with Crippen LogP contribution in [0.15, 0.2) is 47.9 Å². The molecule has 0 bridgehead atoms. The van der Waals surface area contributed by atoms with Crippen LogP contribution in [0.4, 0.5) is 5.69 Å². The first-order valence-electron chi connectivity index (χ1n) is 9.27. The van der Waals surface area contributed by atoms with Crippen LogP contribution in [0.3, 0.4) is 0 Å². The molecule has 162 valence electrons. The van der Waals surface area contributed by atoms with Crippen molar-refractivity contribution in [2.24, 2.45) is 0 Å². The van der Waals surface area contributed by atoms with Gasteiger partial charge in [0, 0.05) is 10.7 Å². The van der Waals surface area contributed by atoms with Gasteiger partial charge in [-0.05, 0) is 55.3 Å². The molecule has 1 N–H and O–H groups in total. The number of carbonyl (C=O) groups is 2. The van der Waals surface area contributed by atoms with Gasteiger partial charge in [-0.25, -0.2) is 4.79 Å². The molecule has 0 saturated carbocycles. The number of ether oxygens (including phenoxy) is 2. The number of benzene rings is 2. The molecule has 10 heteroatoms. The second kappa shape index (κ2) is 10.3. The molecule has 1 aromatic heterocycles. The summed E-state index contributed by atoms with van der Waals surface area (Å²) in [5, 5.41) is 12.1. The van der Waals surface area contributed by atoms with E-state index >= 15 is 0 Å². The Labute approximate surface area is 188 Å². The Morgan fingerprint density at radius 3 is 2.68 bits per heavy atom. The molecule has 1 heterocycles. The Bertz CT molecular complexity index is 1100. The van der Waals surface area contributed by atoms with Crippen LogP contribution in [0, 0.1) is 13.8 Å². The van der Waals surface area contributed by atoms with E-state index in [9.17, 15) is 9.59 Å². The van der Waals surface area contributed by atoms with Gasteiger partial charge in [0.15, 0.2) is 11.8 Å². The van der Waals surface area contributed by atoms with Crippen LogP contribution in [-0.2, 0) is 14.3 Å². The van der Waals surface area contributed by atoms with Crippen molar-refractivity contribution in [3.05, 3.63) is 58.9 Å². The van der Waals surface area contributed by atoms with Crippen molar-refractivity contribution in [1.82, 2.24) is 14.8 Å². The number of esters is 1. The number of nitrogens with zero attached hydrogens (tertiary/aromatic N) is 3. The van der Waals surface area contributed by atoms with Gasteiger partial charge in [-0.2, -0.15) is 0 Å². The Balaban J connectivity index is 1.59. The zero-order chi connectivity index (χ0) is 22.4. The number of methoxy groups -OCH3 is 1. The average Bonchev–Trinajstić information content (AvgIpc) is 3.23. The Kier molecular flexibility index (Phi) is 7.54. The minimum Gasteiger partial charge on any atom is -0.482 e. The third-order valence-corrected chi connectivity index (χ3v) is 5.69. The number of anilines is 1. The molecule has 1 amide bonds. The molecule has 0 aliphatic heterocycles. The molecule has 8 nitrogen and oxygen atoms in total. The summed E-state index contributed by atoms with van der Waals surface area (Å²) in [4.78, 5) is 23.6. The van der Waals surface area contributed by atoms with E-state index in [0.29, 0.717) is 21.6 Å². The Morgan fingerprint density at radius 2 is 1.97 bits per heavy atom. The second-order valence-corrected chi connectivity index (χ2v) is 7.95. The maximum absolute atomic E-state index is 12.4. The van der Waals surface area contributed by atoms with Crippen LogP contribution in [0.25, 0.3) is 5.69 Å². The summed E-state index contributed by atoms with van der Waals surface area (Å²) in [5.74, 6) is 0.0129. The molecule has 0 spiro atoms. The summed E-state index contributed by atoms with van der Waals surface area (Å²) in [6.07, 6.45) is 1.58. The van der Waals surface area contributed by atoms with Crippen LogP contribution in [0.1, 0.15) is 11.1 Å². The SMILES string of the molecule is COC(=O)COc1ccc(NC(=O)CSc2nncn2-c2ccc(C)c(Cl)c2)c(C)c1. The van der Waals surface area contributed by atoms with Gasteiger partial charge in [0.05, 0.1) is 18.6 Å². The van der Waals surface area contributed by atoms with Gasteiger partial charge in [0.2, 0.25) is 5.91 Å². The van der Waals surface area contributed by atoms with Crippen molar-refractivity contribution < 1.29 is 19.1 Å². The molecule has 2 aromatic carbocycles. The molecule has 0 unspecified atom stereocenters. The third-order valence-electron chi connectivity index (χ3n) is 4.34. The lowest BCUT2D eigenvalue weighted by molar-refractivity contribution is -0.142. The predicted molar refractivity (Wildman–Crippen MR) is 119 cm³/mol. The van der Waals surface area contributed by atoms with E-state index in [1.165, 1.54) is 18.9 Å². The number of rotatable bonds is 8. The lowest BCUT2D eigenvalue weighted by Crippen LogP contribution is -2.16. The van der Waals surface area contributed by atoms with Crippen LogP contribution in [-0.4, -0.2) is 46.1 Å². The van der Waals surface area contributed by atoms with Crippen LogP contribution in [0.2, 0.25) is 5.02 Å². The first kappa shape index (κ1) is 22.6. The highest BCUT2D eigenvalue weighted by Crippen LogP contribution is 2.25. The van der Waals surface area contributed by atoms with E-state index in [4.69, 9.17) is 16.3 Å². The normalized spacial score (nSPS) is 10.6. The summed E-state index contributed by atoms with van der Waals surface area (Å²) in [6, 6.07) is 10.8. The fourth-order valence-corrected chi connectivity index (χ4v) is 3.52. The molecule has 0 aliphatic rings. The summed E-state index contributed by atoms with van der Waals surface area (Å²) < 4.78 is 11.7. The number of nitrogens with one attached hydrogen (secondary N) is 1. The number of amides is 1. The summed E-state index contributed by atoms with van der Waals surface area (Å²) in [6.45, 7) is 3.59. The summed E-state index contributed by atoms with van der Waals surface area (Å²) >= 11 is 7.48. The molecule has 3 aromatic rings. The van der Waals surface area contributed by atoms with Gasteiger partial charge < -0.3 is 14.8 Å². The summed E-state index contributed by atoms with van der Waals surface area (Å²) in [5.41, 5.74) is 3.26. The maximum atomic E-state index is 12.4. The highest BCUT2D eigenvalue weighted by molar-refractivity contribution is 7.99. The van der Waals surface area contributed by atoms with Crippen molar-refractivity contribution in [1.29, 1.82) is 0 Å². The third kappa shape index (κ3) is 5.99. The summed E-state index contributed by atoms with van der Waals surface area (Å²) in [7, 11) is 1.30. The van der Waals surface area contributed by atoms with Gasteiger partial charge in [0.1, 0.15) is 12.1 Å². The smallest absolute Gasteiger partial charge is 0.343 e. The van der Waals surface area contributed by atoms with Crippen molar-refractivity contribution in [2.75, 3.05) is 24.8 Å². The maximum Gasteiger partial charge on any atom is 0.343 e. The Hall–Kier alpha value is -3.04. The van der Waals surface area contributed by atoms with Crippen molar-refractivity contribution in [2.45, 2.75) is 19.0 Å². The zero-order valence-electron chi connectivity index (χ0n) is 17.2. The number of aromatic nitrogens is 3. The largest absolute Gasteiger partial charge is 0.482 e. The Morgan fingerprint density at radius 1 is 1.16 bits per heavy atom. The molecular formula is C21H21ClN4O4S. The lowest BCUT2D eigenvalue weighted by atomic mass is 10.2. The minimum atomic E-state index is -0.465. The molecule has 0 aliphatic carbocycles. The second-order valence-electron chi connectivity index (χ2n) is 6.60. The topological polar surface area (TPSA) is 95.3 Å². The zero-order valence-corrected chi connectivity index (χ0v) is 18.8. The first-order chi connectivity index (χ1) is 14.9. The van der Waals surface area contributed by atoms with Crippen molar-refractivity contribution in [3.8, 4) is 11.4 Å². The van der Waals surface area contributed by atoms with Gasteiger partial charge in [-0.1, -0.05) is 29.4 Å². The number of hydrogen-bond acceptors (Lipinski definition) is 7. The number of halogens is 1. The quantitative estimate of drug-likeness (QED) is 0.403. The first-order valence-corrected chi connectivity index (χ1v) is 10.6. The van der Waals surface area contributed by atoms with Gasteiger partial charge in [-0.15, -0.1) is 10.2 Å². The molecular weight excluding hydrogens is 440 g/mol. The molecule has 0 radical (unpaired) electrons. The van der Waals surface area contributed by atoms with Crippen molar-refractivity contribution >= 4 is 40.9 Å². The van der Waals surface area contributed by atoms with E-state index in [-0.39, 0.29) is 18.3 Å². The number of hydrogen-bond donors (Lipinski definition) is 1.